The van der Waals surface area contributed by atoms with Crippen molar-refractivity contribution >= 4 is 0 Å². The molecule has 0 aliphatic heterocycles. The predicted molar refractivity (Wildman–Crippen MR) is 80.3 cm³/mol. The van der Waals surface area contributed by atoms with Crippen LogP contribution in [-0.2, 0) is 0 Å². The van der Waals surface area contributed by atoms with Crippen LogP contribution in [0.25, 0.3) is 0 Å². The van der Waals surface area contributed by atoms with Gasteiger partial charge in [-0.25, -0.2) is 0 Å². The molecule has 108 valence electrons. The summed E-state index contributed by atoms with van der Waals surface area (Å²) in [6, 6.07) is 11.8. The van der Waals surface area contributed by atoms with Crippen LogP contribution in [0.4, 0.5) is 0 Å². The van der Waals surface area contributed by atoms with Crippen molar-refractivity contribution in [3.05, 3.63) is 35.9 Å². The highest BCUT2D eigenvalue weighted by molar-refractivity contribution is 5.19. The van der Waals surface area contributed by atoms with Crippen LogP contribution >= 0.6 is 0 Å². The van der Waals surface area contributed by atoms with Crippen molar-refractivity contribution in [3.63, 3.8) is 0 Å². The third kappa shape index (κ3) is 2.10. The van der Waals surface area contributed by atoms with Crippen LogP contribution in [0.5, 0.6) is 0 Å². The minimum absolute atomic E-state index is 0.315. The maximum absolute atomic E-state index is 10.6. The zero-order chi connectivity index (χ0) is 13.7. The molecule has 2 heteroatoms. The van der Waals surface area contributed by atoms with E-state index >= 15 is 0 Å². The Labute approximate surface area is 121 Å². The lowest BCUT2D eigenvalue weighted by atomic mass is 9.52. The van der Waals surface area contributed by atoms with Gasteiger partial charge in [-0.2, -0.15) is 0 Å². The molecule has 1 aromatic carbocycles. The highest BCUT2D eigenvalue weighted by Crippen LogP contribution is 2.55. The second kappa shape index (κ2) is 4.57. The molecule has 0 amide bonds. The number of nitrogens with one attached hydrogen (secondary N) is 1. The molecule has 0 aromatic heterocycles. The van der Waals surface area contributed by atoms with Gasteiger partial charge >= 0.3 is 0 Å². The molecule has 0 spiro atoms. The molecule has 4 bridgehead atoms. The van der Waals surface area contributed by atoms with E-state index < -0.39 is 0 Å². The molecular weight excluding hydrogens is 246 g/mol. The van der Waals surface area contributed by atoms with E-state index in [0.717, 1.165) is 25.2 Å². The monoisotopic (exact) mass is 271 g/mol. The molecule has 0 radical (unpaired) electrons. The van der Waals surface area contributed by atoms with Gasteiger partial charge in [-0.1, -0.05) is 30.3 Å². The van der Waals surface area contributed by atoms with Gasteiger partial charge in [0.25, 0.3) is 0 Å². The molecule has 1 aromatic rings. The van der Waals surface area contributed by atoms with Gasteiger partial charge in [0.1, 0.15) is 0 Å². The lowest BCUT2D eigenvalue weighted by Crippen LogP contribution is -2.61. The molecule has 2 nitrogen and oxygen atoms in total. The van der Waals surface area contributed by atoms with Crippen LogP contribution in [-0.4, -0.2) is 16.7 Å². The number of benzene rings is 1. The fourth-order valence-corrected chi connectivity index (χ4v) is 5.38. The first-order valence-electron chi connectivity index (χ1n) is 8.16. The number of rotatable bonds is 3. The van der Waals surface area contributed by atoms with Gasteiger partial charge in [-0.3, -0.25) is 0 Å². The SMILES string of the molecule is C[C@H](NC1C2CC3CC1CC(O)(C3)C2)c1ccccc1. The van der Waals surface area contributed by atoms with Crippen molar-refractivity contribution < 1.29 is 5.11 Å². The summed E-state index contributed by atoms with van der Waals surface area (Å²) >= 11 is 0. The van der Waals surface area contributed by atoms with Gasteiger partial charge in [-0.15, -0.1) is 0 Å². The van der Waals surface area contributed by atoms with Crippen molar-refractivity contribution in [2.24, 2.45) is 17.8 Å². The first-order valence-corrected chi connectivity index (χ1v) is 8.16. The molecule has 2 unspecified atom stereocenters. The molecule has 2 N–H and O–H groups in total. The van der Waals surface area contributed by atoms with E-state index in [-0.39, 0.29) is 5.60 Å². The molecule has 0 heterocycles. The first-order chi connectivity index (χ1) is 9.63. The minimum Gasteiger partial charge on any atom is -0.390 e. The second-order valence-electron chi connectivity index (χ2n) is 7.52. The Hall–Kier alpha value is -0.860. The lowest BCUT2D eigenvalue weighted by molar-refractivity contribution is -0.139. The van der Waals surface area contributed by atoms with E-state index in [4.69, 9.17) is 0 Å². The van der Waals surface area contributed by atoms with Gasteiger partial charge in [0.2, 0.25) is 0 Å². The van der Waals surface area contributed by atoms with Gasteiger partial charge in [-0.05, 0) is 62.3 Å². The zero-order valence-corrected chi connectivity index (χ0v) is 12.3. The fraction of sp³-hybridized carbons (Fsp3) is 0.667. The Morgan fingerprint density at radius 1 is 1.10 bits per heavy atom. The van der Waals surface area contributed by atoms with Crippen LogP contribution < -0.4 is 5.32 Å². The molecule has 20 heavy (non-hydrogen) atoms. The summed E-state index contributed by atoms with van der Waals surface area (Å²) in [5, 5.41) is 14.5. The summed E-state index contributed by atoms with van der Waals surface area (Å²) in [5.41, 5.74) is 1.06. The summed E-state index contributed by atoms with van der Waals surface area (Å²) < 4.78 is 0. The maximum atomic E-state index is 10.6. The van der Waals surface area contributed by atoms with E-state index in [1.165, 1.54) is 18.4 Å². The van der Waals surface area contributed by atoms with Gasteiger partial charge < -0.3 is 10.4 Å². The average molecular weight is 271 g/mol. The number of aliphatic hydroxyl groups is 1. The molecule has 4 aliphatic rings. The highest BCUT2D eigenvalue weighted by atomic mass is 16.3. The molecule has 4 fully saturated rings. The summed E-state index contributed by atoms with van der Waals surface area (Å²) in [5.74, 6) is 2.18. The molecule has 0 saturated heterocycles. The quantitative estimate of drug-likeness (QED) is 0.884. The zero-order valence-electron chi connectivity index (χ0n) is 12.3. The molecule has 4 aliphatic carbocycles. The van der Waals surface area contributed by atoms with Crippen molar-refractivity contribution in [1.29, 1.82) is 0 Å². The summed E-state index contributed by atoms with van der Waals surface area (Å²) in [4.78, 5) is 0. The predicted octanol–water partition coefficient (Wildman–Crippen LogP) is 3.28. The number of hydrogen-bond donors (Lipinski definition) is 2. The maximum Gasteiger partial charge on any atom is 0.0657 e. The smallest absolute Gasteiger partial charge is 0.0657 e. The van der Waals surface area contributed by atoms with E-state index in [2.05, 4.69) is 42.6 Å². The fourth-order valence-electron chi connectivity index (χ4n) is 5.38. The van der Waals surface area contributed by atoms with Crippen LogP contribution in [0.3, 0.4) is 0 Å². The van der Waals surface area contributed by atoms with Crippen molar-refractivity contribution in [2.45, 2.75) is 56.7 Å². The average Bonchev–Trinajstić information content (AvgIpc) is 2.42. The third-order valence-corrected chi connectivity index (χ3v) is 5.98. The Morgan fingerprint density at radius 2 is 1.75 bits per heavy atom. The molecule has 3 atom stereocenters. The Bertz CT molecular complexity index is 469. The Balaban J connectivity index is 1.50. The van der Waals surface area contributed by atoms with Gasteiger partial charge in [0, 0.05) is 12.1 Å². The van der Waals surface area contributed by atoms with E-state index in [1.807, 2.05) is 0 Å². The largest absolute Gasteiger partial charge is 0.390 e. The van der Waals surface area contributed by atoms with E-state index in [1.54, 1.807) is 0 Å². The lowest BCUT2D eigenvalue weighted by Gasteiger charge is -2.58. The Morgan fingerprint density at radius 3 is 2.35 bits per heavy atom. The van der Waals surface area contributed by atoms with E-state index in [9.17, 15) is 5.11 Å². The van der Waals surface area contributed by atoms with Crippen molar-refractivity contribution in [2.75, 3.05) is 0 Å². The number of hydrogen-bond acceptors (Lipinski definition) is 2. The normalized spacial score (nSPS) is 43.7. The Kier molecular flexibility index (Phi) is 2.94. The third-order valence-electron chi connectivity index (χ3n) is 5.98. The van der Waals surface area contributed by atoms with Crippen LogP contribution in [0.1, 0.15) is 50.6 Å². The second-order valence-corrected chi connectivity index (χ2v) is 7.52. The molecular formula is C18H25NO. The van der Waals surface area contributed by atoms with Crippen molar-refractivity contribution in [1.82, 2.24) is 5.32 Å². The van der Waals surface area contributed by atoms with Crippen molar-refractivity contribution in [3.8, 4) is 0 Å². The van der Waals surface area contributed by atoms with Gasteiger partial charge in [0.15, 0.2) is 0 Å². The van der Waals surface area contributed by atoms with Crippen LogP contribution in [0.2, 0.25) is 0 Å². The minimum atomic E-state index is -0.315. The standard InChI is InChI=1S/C18H25NO/c1-12(14-5-3-2-4-6-14)19-17-15-7-13-8-16(17)11-18(20,9-13)10-15/h2-6,12-13,15-17,19-20H,7-11H2,1H3/t12-,13?,15?,16?,17?,18?/m0/s1. The topological polar surface area (TPSA) is 32.3 Å². The summed E-state index contributed by atoms with van der Waals surface area (Å²) in [6.45, 7) is 2.27. The van der Waals surface area contributed by atoms with E-state index in [0.29, 0.717) is 23.9 Å². The summed E-state index contributed by atoms with van der Waals surface area (Å²) in [6.07, 6.45) is 5.79. The summed E-state index contributed by atoms with van der Waals surface area (Å²) in [7, 11) is 0. The van der Waals surface area contributed by atoms with Gasteiger partial charge in [0.05, 0.1) is 5.60 Å². The van der Waals surface area contributed by atoms with Crippen LogP contribution in [0.15, 0.2) is 30.3 Å². The highest BCUT2D eigenvalue weighted by Gasteiger charge is 2.54. The van der Waals surface area contributed by atoms with Crippen LogP contribution in [0, 0.1) is 17.8 Å². The first kappa shape index (κ1) is 12.8. The molecule has 5 rings (SSSR count). The molecule has 4 saturated carbocycles.